The number of alkyl halides is 3. The zero-order valence-corrected chi connectivity index (χ0v) is 16.3. The van der Waals surface area contributed by atoms with Gasteiger partial charge in [-0.1, -0.05) is 0 Å². The molecule has 1 aliphatic rings. The molecule has 0 unspecified atom stereocenters. The van der Waals surface area contributed by atoms with Gasteiger partial charge in [0.25, 0.3) is 9.84 Å². The molecular formula is C15H20F4N2O4S2. The number of sulfonamides is 1. The zero-order valence-electron chi connectivity index (χ0n) is 14.7. The first-order valence-corrected chi connectivity index (χ1v) is 11.2. The lowest BCUT2D eigenvalue weighted by Gasteiger charge is -2.37. The molecule has 0 atom stereocenters. The molecule has 154 valence electrons. The van der Waals surface area contributed by atoms with Crippen molar-refractivity contribution in [3.8, 4) is 0 Å². The first-order valence-electron chi connectivity index (χ1n) is 8.13. The van der Waals surface area contributed by atoms with Gasteiger partial charge in [-0.05, 0) is 38.0 Å². The Morgan fingerprint density at radius 3 is 2.19 bits per heavy atom. The van der Waals surface area contributed by atoms with Crippen LogP contribution in [-0.2, 0) is 19.9 Å². The molecule has 1 aromatic carbocycles. The number of sulfone groups is 1. The molecule has 0 bridgehead atoms. The molecule has 6 nitrogen and oxygen atoms in total. The molecule has 1 heterocycles. The maximum Gasteiger partial charge on any atom is 0.501 e. The second-order valence-electron chi connectivity index (χ2n) is 6.20. The summed E-state index contributed by atoms with van der Waals surface area (Å²) in [6.45, 7) is 1.79. The van der Waals surface area contributed by atoms with Gasteiger partial charge in [0.1, 0.15) is 10.7 Å². The predicted octanol–water partition coefficient (Wildman–Crippen LogP) is 2.37. The molecule has 1 aliphatic heterocycles. The van der Waals surface area contributed by atoms with Crippen molar-refractivity contribution in [2.24, 2.45) is 0 Å². The summed E-state index contributed by atoms with van der Waals surface area (Å²) < 4.78 is 101. The summed E-state index contributed by atoms with van der Waals surface area (Å²) in [4.78, 5) is 0.268. The summed E-state index contributed by atoms with van der Waals surface area (Å²) in [5.41, 5.74) is -5.79. The molecule has 1 aromatic rings. The lowest BCUT2D eigenvalue weighted by atomic mass is 10.0. The fourth-order valence-corrected chi connectivity index (χ4v) is 5.05. The van der Waals surface area contributed by atoms with Gasteiger partial charge in [0.2, 0.25) is 10.0 Å². The van der Waals surface area contributed by atoms with E-state index >= 15 is 0 Å². The maximum atomic E-state index is 13.4. The highest BCUT2D eigenvalue weighted by molar-refractivity contribution is 7.92. The van der Waals surface area contributed by atoms with Crippen molar-refractivity contribution in [2.75, 3.05) is 30.8 Å². The number of anilines is 1. The van der Waals surface area contributed by atoms with E-state index in [0.29, 0.717) is 18.9 Å². The smallest absolute Gasteiger partial charge is 0.370 e. The predicted molar refractivity (Wildman–Crippen MR) is 92.1 cm³/mol. The Labute approximate surface area is 155 Å². The Morgan fingerprint density at radius 1 is 1.15 bits per heavy atom. The highest BCUT2D eigenvalue weighted by Gasteiger charge is 2.48. The summed E-state index contributed by atoms with van der Waals surface area (Å²) in [6, 6.07) is 1.91. The molecule has 0 spiro atoms. The van der Waals surface area contributed by atoms with E-state index in [0.717, 1.165) is 12.1 Å². The molecule has 0 saturated carbocycles. The summed E-state index contributed by atoms with van der Waals surface area (Å²) >= 11 is 0. The number of nitrogens with zero attached hydrogens (tertiary/aromatic N) is 2. The van der Waals surface area contributed by atoms with Crippen LogP contribution in [0, 0.1) is 5.82 Å². The van der Waals surface area contributed by atoms with Crippen molar-refractivity contribution < 1.29 is 34.4 Å². The van der Waals surface area contributed by atoms with Crippen molar-refractivity contribution in [3.63, 3.8) is 0 Å². The van der Waals surface area contributed by atoms with Crippen molar-refractivity contribution in [1.82, 2.24) is 4.31 Å². The van der Waals surface area contributed by atoms with Crippen LogP contribution in [0.25, 0.3) is 0 Å². The zero-order chi connectivity index (χ0) is 20.6. The van der Waals surface area contributed by atoms with E-state index in [1.165, 1.54) is 23.2 Å². The molecule has 0 aromatic heterocycles. The number of rotatable bonds is 5. The quantitative estimate of drug-likeness (QED) is 0.668. The average Bonchev–Trinajstić information content (AvgIpc) is 2.60. The van der Waals surface area contributed by atoms with E-state index in [1.54, 1.807) is 0 Å². The molecule has 1 fully saturated rings. The monoisotopic (exact) mass is 432 g/mol. The third kappa shape index (κ3) is 4.37. The first-order chi connectivity index (χ1) is 12.3. The number of hydrogen-bond acceptors (Lipinski definition) is 5. The van der Waals surface area contributed by atoms with Crippen LogP contribution in [0.2, 0.25) is 0 Å². The van der Waals surface area contributed by atoms with Crippen LogP contribution >= 0.6 is 0 Å². The van der Waals surface area contributed by atoms with Gasteiger partial charge in [0.15, 0.2) is 0 Å². The van der Waals surface area contributed by atoms with E-state index in [2.05, 4.69) is 0 Å². The standard InChI is InChI=1S/C15H20F4N2O4S2/c1-3-26(22,23)20(2)12-6-8-21(9-7-12)13-5-4-11(16)10-14(13)27(24,25)15(17,18)19/h4-5,10,12H,3,6-9H2,1-2H3. The summed E-state index contributed by atoms with van der Waals surface area (Å²) in [6.07, 6.45) is 0.608. The van der Waals surface area contributed by atoms with E-state index in [9.17, 15) is 34.4 Å². The largest absolute Gasteiger partial charge is 0.501 e. The third-order valence-electron chi connectivity index (χ3n) is 4.64. The van der Waals surface area contributed by atoms with Gasteiger partial charge in [-0.2, -0.15) is 13.2 Å². The molecule has 0 amide bonds. The normalized spacial score (nSPS) is 17.5. The fraction of sp³-hybridized carbons (Fsp3) is 0.600. The molecule has 2 rings (SSSR count). The molecule has 0 aliphatic carbocycles. The van der Waals surface area contributed by atoms with E-state index in [1.807, 2.05) is 0 Å². The second-order valence-corrected chi connectivity index (χ2v) is 10.4. The summed E-state index contributed by atoms with van der Waals surface area (Å²) in [5, 5.41) is 0. The Kier molecular flexibility index (Phi) is 6.12. The van der Waals surface area contributed by atoms with Gasteiger partial charge in [0.05, 0.1) is 11.4 Å². The number of hydrogen-bond donors (Lipinski definition) is 0. The topological polar surface area (TPSA) is 74.8 Å². The molecule has 0 N–H and O–H groups in total. The molecule has 27 heavy (non-hydrogen) atoms. The van der Waals surface area contributed by atoms with E-state index < -0.39 is 36.1 Å². The fourth-order valence-electron chi connectivity index (χ4n) is 2.99. The van der Waals surface area contributed by atoms with Crippen LogP contribution in [0.3, 0.4) is 0 Å². The lowest BCUT2D eigenvalue weighted by Crippen LogP contribution is -2.46. The lowest BCUT2D eigenvalue weighted by molar-refractivity contribution is -0.0435. The van der Waals surface area contributed by atoms with Gasteiger partial charge in [0, 0.05) is 26.2 Å². The second kappa shape index (κ2) is 7.55. The number of halogens is 4. The van der Waals surface area contributed by atoms with E-state index in [4.69, 9.17) is 0 Å². The van der Waals surface area contributed by atoms with Crippen LogP contribution in [-0.4, -0.2) is 58.6 Å². The van der Waals surface area contributed by atoms with Gasteiger partial charge in [-0.15, -0.1) is 0 Å². The molecule has 12 heteroatoms. The molecular weight excluding hydrogens is 412 g/mol. The Bertz CT molecular complexity index is 893. The highest BCUT2D eigenvalue weighted by Crippen LogP contribution is 2.37. The minimum Gasteiger partial charge on any atom is -0.370 e. The molecule has 1 saturated heterocycles. The van der Waals surface area contributed by atoms with Crippen LogP contribution in [0.4, 0.5) is 23.2 Å². The SMILES string of the molecule is CCS(=O)(=O)N(C)C1CCN(c2ccc(F)cc2S(=O)(=O)C(F)(F)F)CC1. The van der Waals surface area contributed by atoms with Gasteiger partial charge in [-0.3, -0.25) is 0 Å². The maximum absolute atomic E-state index is 13.4. The van der Waals surface area contributed by atoms with Gasteiger partial charge < -0.3 is 4.90 Å². The van der Waals surface area contributed by atoms with Crippen LogP contribution in [0.1, 0.15) is 19.8 Å². The van der Waals surface area contributed by atoms with Crippen molar-refractivity contribution in [3.05, 3.63) is 24.0 Å². The minimum absolute atomic E-state index is 0.0738. The minimum atomic E-state index is -5.72. The van der Waals surface area contributed by atoms with Gasteiger partial charge in [-0.25, -0.2) is 25.5 Å². The first kappa shape index (κ1) is 21.9. The third-order valence-corrected chi connectivity index (χ3v) is 8.06. The highest BCUT2D eigenvalue weighted by atomic mass is 32.2. The van der Waals surface area contributed by atoms with Gasteiger partial charge >= 0.3 is 5.51 Å². The molecule has 0 radical (unpaired) electrons. The average molecular weight is 432 g/mol. The van der Waals surface area contributed by atoms with Crippen molar-refractivity contribution >= 4 is 25.5 Å². The van der Waals surface area contributed by atoms with E-state index in [-0.39, 0.29) is 30.6 Å². The summed E-state index contributed by atoms with van der Waals surface area (Å²) in [7, 11) is -7.70. The van der Waals surface area contributed by atoms with Crippen LogP contribution < -0.4 is 4.90 Å². The number of piperidine rings is 1. The van der Waals surface area contributed by atoms with Crippen LogP contribution in [0.15, 0.2) is 23.1 Å². The van der Waals surface area contributed by atoms with Crippen LogP contribution in [0.5, 0.6) is 0 Å². The number of benzene rings is 1. The Balaban J connectivity index is 2.30. The Morgan fingerprint density at radius 2 is 1.70 bits per heavy atom. The Hall–Kier alpha value is -1.40. The summed E-state index contributed by atoms with van der Waals surface area (Å²) in [5.74, 6) is -1.17. The van der Waals surface area contributed by atoms with Crippen molar-refractivity contribution in [2.45, 2.75) is 36.2 Å². The van der Waals surface area contributed by atoms with Crippen molar-refractivity contribution in [1.29, 1.82) is 0 Å².